The molecule has 0 aliphatic rings. The molecule has 0 spiro atoms. The molecule has 0 bridgehead atoms. The van der Waals surface area contributed by atoms with Gasteiger partial charge in [0.05, 0.1) is 15.7 Å². The molecule has 0 atom stereocenters. The zero-order valence-electron chi connectivity index (χ0n) is 15.8. The van der Waals surface area contributed by atoms with Crippen LogP contribution in [0.3, 0.4) is 0 Å². The van der Waals surface area contributed by atoms with Gasteiger partial charge in [0.1, 0.15) is 5.69 Å². The maximum Gasteiger partial charge on any atom is 0.272 e. The fraction of sp³-hybridized carbons (Fsp3) is 0.588. The first kappa shape index (κ1) is 22.2. The van der Waals surface area contributed by atoms with Gasteiger partial charge in [0.15, 0.2) is 0 Å². The van der Waals surface area contributed by atoms with Crippen LogP contribution < -0.4 is 0 Å². The third kappa shape index (κ3) is 5.11. The number of aromatic nitrogens is 1. The van der Waals surface area contributed by atoms with Crippen molar-refractivity contribution in [3.8, 4) is 0 Å². The predicted molar refractivity (Wildman–Crippen MR) is 99.0 cm³/mol. The zero-order chi connectivity index (χ0) is 19.1. The lowest BCUT2D eigenvalue weighted by molar-refractivity contribution is -0.134. The summed E-state index contributed by atoms with van der Waals surface area (Å²) < 4.78 is 0. The largest absolute Gasteiger partial charge is 0.352 e. The quantitative estimate of drug-likeness (QED) is 0.775. The Labute approximate surface area is 148 Å². The van der Waals surface area contributed by atoms with Gasteiger partial charge in [-0.05, 0) is 19.1 Å². The van der Waals surface area contributed by atoms with Gasteiger partial charge < -0.3 is 9.80 Å². The zero-order valence-corrected chi connectivity index (χ0v) is 15.8. The monoisotopic (exact) mass is 327 g/mol. The molecule has 1 heterocycles. The van der Waals surface area contributed by atoms with Gasteiger partial charge >= 0.3 is 0 Å². The van der Waals surface area contributed by atoms with Crippen molar-refractivity contribution in [1.29, 1.82) is 0 Å². The van der Waals surface area contributed by atoms with Crippen molar-refractivity contribution in [2.75, 3.05) is 20.6 Å². The summed E-state index contributed by atoms with van der Waals surface area (Å²) in [5.74, 6) is -0.667. The van der Waals surface area contributed by atoms with Crippen molar-refractivity contribution in [3.63, 3.8) is 0 Å². The van der Waals surface area contributed by atoms with E-state index < -0.39 is 5.34 Å². The van der Waals surface area contributed by atoms with Gasteiger partial charge in [-0.3, -0.25) is 9.59 Å². The molecule has 0 fully saturated rings. The number of nitrogens with zero attached hydrogens (tertiary/aromatic N) is 3. The Morgan fingerprint density at radius 1 is 1.21 bits per heavy atom. The Hall–Kier alpha value is -1.78. The van der Waals surface area contributed by atoms with Gasteiger partial charge in [0.25, 0.3) is 5.91 Å². The summed E-state index contributed by atoms with van der Waals surface area (Å²) in [6.07, 6.45) is 0. The highest BCUT2D eigenvalue weighted by Gasteiger charge is 2.31. The molecule has 0 aliphatic carbocycles. The van der Waals surface area contributed by atoms with Crippen molar-refractivity contribution in [2.45, 2.75) is 40.0 Å². The van der Waals surface area contributed by atoms with Gasteiger partial charge in [-0.1, -0.05) is 33.8 Å². The summed E-state index contributed by atoms with van der Waals surface area (Å²) in [5.41, 5.74) is 0.506. The SMILES string of the molecule is CC.[B]C([B])(c1cccc(C(=O)N(C)CC)n1)N(C)C(=O)C(C)C. The highest BCUT2D eigenvalue weighted by molar-refractivity contribution is 6.40. The minimum atomic E-state index is -1.58. The number of rotatable bonds is 5. The second kappa shape index (κ2) is 9.50. The van der Waals surface area contributed by atoms with E-state index in [4.69, 9.17) is 15.7 Å². The summed E-state index contributed by atoms with van der Waals surface area (Å²) in [5, 5.41) is -1.58. The molecule has 24 heavy (non-hydrogen) atoms. The Morgan fingerprint density at radius 2 is 1.75 bits per heavy atom. The fourth-order valence-electron chi connectivity index (χ4n) is 1.86. The van der Waals surface area contributed by atoms with Crippen LogP contribution in [0.2, 0.25) is 0 Å². The Bertz CT molecular complexity index is 563. The van der Waals surface area contributed by atoms with Crippen LogP contribution in [-0.2, 0) is 10.1 Å². The number of pyridine rings is 1. The molecule has 1 aromatic heterocycles. The molecule has 1 aromatic rings. The van der Waals surface area contributed by atoms with Crippen molar-refractivity contribution in [2.24, 2.45) is 5.92 Å². The molecule has 4 radical (unpaired) electrons. The molecule has 0 aromatic carbocycles. The first-order chi connectivity index (χ1) is 11.1. The lowest BCUT2D eigenvalue weighted by Crippen LogP contribution is -2.50. The lowest BCUT2D eigenvalue weighted by Gasteiger charge is -2.38. The standard InChI is InChI=1S/C15H21B2N3O2.C2H6/c1-6-19(4)14(22)11-8-7-9-12(18-11)15(16,17)20(5)13(21)10(2)3;1-2/h7-10H,6H2,1-5H3;1-2H3. The summed E-state index contributed by atoms with van der Waals surface area (Å²) in [4.78, 5) is 31.3. The maximum absolute atomic E-state index is 12.2. The number of carbonyl (C=O) groups excluding carboxylic acids is 2. The van der Waals surface area contributed by atoms with Gasteiger partial charge in [0.2, 0.25) is 5.91 Å². The molecule has 5 nitrogen and oxygen atoms in total. The Morgan fingerprint density at radius 3 is 2.21 bits per heavy atom. The third-order valence-electron chi connectivity index (χ3n) is 3.58. The third-order valence-corrected chi connectivity index (χ3v) is 3.58. The van der Waals surface area contributed by atoms with E-state index in [1.807, 2.05) is 20.8 Å². The van der Waals surface area contributed by atoms with Gasteiger partial charge in [-0.2, -0.15) is 0 Å². The lowest BCUT2D eigenvalue weighted by atomic mass is 9.58. The van der Waals surface area contributed by atoms with Crippen LogP contribution in [0, 0.1) is 5.92 Å². The normalized spacial score (nSPS) is 10.7. The number of amides is 2. The first-order valence-electron chi connectivity index (χ1n) is 8.21. The van der Waals surface area contributed by atoms with Crippen LogP contribution in [0.1, 0.15) is 50.8 Å². The molecule has 0 saturated heterocycles. The van der Waals surface area contributed by atoms with Gasteiger partial charge in [0, 0.05) is 37.6 Å². The van der Waals surface area contributed by atoms with Crippen LogP contribution >= 0.6 is 0 Å². The van der Waals surface area contributed by atoms with E-state index in [2.05, 4.69) is 4.98 Å². The average molecular weight is 327 g/mol. The molecular weight excluding hydrogens is 300 g/mol. The van der Waals surface area contributed by atoms with Crippen LogP contribution in [0.15, 0.2) is 18.2 Å². The minimum Gasteiger partial charge on any atom is -0.352 e. The molecule has 0 aliphatic heterocycles. The van der Waals surface area contributed by atoms with Crippen molar-refractivity contribution >= 4 is 27.5 Å². The molecule has 0 unspecified atom stereocenters. The van der Waals surface area contributed by atoms with Gasteiger partial charge in [-0.15, -0.1) is 0 Å². The molecular formula is C17H27B2N3O2. The average Bonchev–Trinajstić information content (AvgIpc) is 2.60. The van der Waals surface area contributed by atoms with Crippen molar-refractivity contribution in [3.05, 3.63) is 29.6 Å². The van der Waals surface area contributed by atoms with Crippen molar-refractivity contribution < 1.29 is 9.59 Å². The fourth-order valence-corrected chi connectivity index (χ4v) is 1.86. The Balaban J connectivity index is 0.00000254. The highest BCUT2D eigenvalue weighted by Crippen LogP contribution is 2.21. The number of hydrogen-bond donors (Lipinski definition) is 0. The van der Waals surface area contributed by atoms with Crippen LogP contribution in [0.5, 0.6) is 0 Å². The smallest absolute Gasteiger partial charge is 0.272 e. The van der Waals surface area contributed by atoms with E-state index in [0.29, 0.717) is 6.54 Å². The van der Waals surface area contributed by atoms with E-state index in [0.717, 1.165) is 0 Å². The summed E-state index contributed by atoms with van der Waals surface area (Å²) in [7, 11) is 15.4. The molecule has 0 saturated carbocycles. The second-order valence-corrected chi connectivity index (χ2v) is 5.60. The van der Waals surface area contributed by atoms with Crippen molar-refractivity contribution in [1.82, 2.24) is 14.8 Å². The first-order valence-corrected chi connectivity index (χ1v) is 8.21. The number of hydrogen-bond acceptors (Lipinski definition) is 3. The maximum atomic E-state index is 12.2. The van der Waals surface area contributed by atoms with E-state index in [-0.39, 0.29) is 29.1 Å². The van der Waals surface area contributed by atoms with E-state index in [1.165, 1.54) is 16.8 Å². The number of carbonyl (C=O) groups is 2. The molecule has 0 N–H and O–H groups in total. The molecule has 128 valence electrons. The summed E-state index contributed by atoms with van der Waals surface area (Å²) in [6, 6.07) is 4.85. The Kier molecular flexibility index (Phi) is 8.80. The van der Waals surface area contributed by atoms with Crippen LogP contribution in [-0.4, -0.2) is 62.9 Å². The highest BCUT2D eigenvalue weighted by atomic mass is 16.2. The summed E-state index contributed by atoms with van der Waals surface area (Å²) in [6.45, 7) is 9.96. The van der Waals surface area contributed by atoms with E-state index in [1.54, 1.807) is 39.1 Å². The molecule has 7 heteroatoms. The topological polar surface area (TPSA) is 53.5 Å². The van der Waals surface area contributed by atoms with Crippen LogP contribution in [0.4, 0.5) is 0 Å². The van der Waals surface area contributed by atoms with E-state index in [9.17, 15) is 9.59 Å². The van der Waals surface area contributed by atoms with Gasteiger partial charge in [-0.25, -0.2) is 4.98 Å². The van der Waals surface area contributed by atoms with Crippen LogP contribution in [0.25, 0.3) is 0 Å². The summed E-state index contributed by atoms with van der Waals surface area (Å²) >= 11 is 0. The molecule has 2 amide bonds. The second-order valence-electron chi connectivity index (χ2n) is 5.60. The molecule has 1 rings (SSSR count). The van der Waals surface area contributed by atoms with E-state index >= 15 is 0 Å². The minimum absolute atomic E-state index is 0.200. The predicted octanol–water partition coefficient (Wildman–Crippen LogP) is 1.76.